The van der Waals surface area contributed by atoms with E-state index in [1.807, 2.05) is 152 Å². The van der Waals surface area contributed by atoms with Gasteiger partial charge in [-0.3, -0.25) is 0 Å². The first-order chi connectivity index (χ1) is 30.6. The second-order valence-electron chi connectivity index (χ2n) is 14.9. The van der Waals surface area contributed by atoms with Gasteiger partial charge < -0.3 is 42.3 Å². The molecule has 1 aliphatic rings. The molecule has 0 aliphatic carbocycles. The minimum absolute atomic E-state index is 0.00730. The van der Waals surface area contributed by atoms with Gasteiger partial charge in [-0.15, -0.1) is 0 Å². The molecule has 1 fully saturated rings. The van der Waals surface area contributed by atoms with Crippen LogP contribution in [0.4, 0.5) is 0 Å². The van der Waals surface area contributed by atoms with Crippen LogP contribution in [0.3, 0.4) is 0 Å². The van der Waals surface area contributed by atoms with Gasteiger partial charge in [0.2, 0.25) is 12.0 Å². The van der Waals surface area contributed by atoms with Gasteiger partial charge in [0.1, 0.15) is 42.4 Å². The Hall–Kier alpha value is -6.27. The highest BCUT2D eigenvalue weighted by molar-refractivity contribution is 5.86. The van der Waals surface area contributed by atoms with Crippen LogP contribution in [0.25, 0.3) is 11.0 Å². The van der Waals surface area contributed by atoms with Crippen LogP contribution in [0.15, 0.2) is 179 Å². The summed E-state index contributed by atoms with van der Waals surface area (Å²) in [4.78, 5) is 13.4. The third-order valence-electron chi connectivity index (χ3n) is 10.4. The number of rotatable bonds is 20. The molecule has 0 N–H and O–H groups in total. The molecule has 7 aromatic rings. The van der Waals surface area contributed by atoms with Gasteiger partial charge in [-0.05, 0) is 46.9 Å². The minimum Gasteiger partial charge on any atom is -0.484 e. The number of ether oxygens (including phenoxy) is 8. The summed E-state index contributed by atoms with van der Waals surface area (Å²) in [5.74, 6) is 0.661. The van der Waals surface area contributed by atoms with Gasteiger partial charge in [-0.1, -0.05) is 152 Å². The highest BCUT2D eigenvalue weighted by atomic mass is 16.7. The third-order valence-corrected chi connectivity index (χ3v) is 10.4. The van der Waals surface area contributed by atoms with Crippen LogP contribution in [0.2, 0.25) is 0 Å². The lowest BCUT2D eigenvalue weighted by molar-refractivity contribution is -0.310. The standard InChI is InChI=1S/C52H50O10/c1-2-55-49-46(56-32-38-20-10-4-11-21-38)43-29-28-42(30-44(43)61-51(49)53)60-52-50(59-35-41-26-16-7-17-27-41)48(58-34-40-24-14-6-15-25-40)47(57-33-39-22-12-5-13-23-39)45(62-52)36-54-31-37-18-8-3-9-19-37/h3-30,45,47-48,50,52H,2,31-36H2,1H3/t45-,47-,48+,50+,52+/m1/s1. The Morgan fingerprint density at radius 1 is 0.500 bits per heavy atom. The predicted molar refractivity (Wildman–Crippen MR) is 235 cm³/mol. The van der Waals surface area contributed by atoms with Gasteiger partial charge in [-0.2, -0.15) is 0 Å². The lowest BCUT2D eigenvalue weighted by atomic mass is 9.97. The van der Waals surface area contributed by atoms with E-state index in [0.717, 1.165) is 27.8 Å². The molecule has 0 saturated carbocycles. The van der Waals surface area contributed by atoms with Crippen LogP contribution in [0, 0.1) is 0 Å². The van der Waals surface area contributed by atoms with E-state index in [-0.39, 0.29) is 50.1 Å². The van der Waals surface area contributed by atoms with Crippen molar-refractivity contribution >= 4 is 11.0 Å². The Morgan fingerprint density at radius 3 is 1.52 bits per heavy atom. The fourth-order valence-corrected chi connectivity index (χ4v) is 7.33. The summed E-state index contributed by atoms with van der Waals surface area (Å²) in [5, 5.41) is 0.545. The van der Waals surface area contributed by atoms with Crippen molar-refractivity contribution in [1.82, 2.24) is 0 Å². The van der Waals surface area contributed by atoms with Crippen molar-refractivity contribution in [2.75, 3.05) is 13.2 Å². The fraction of sp³-hybridized carbons (Fsp3) is 0.250. The van der Waals surface area contributed by atoms with Gasteiger partial charge in [0.15, 0.2) is 5.75 Å². The van der Waals surface area contributed by atoms with Crippen molar-refractivity contribution in [3.8, 4) is 17.2 Å². The SMILES string of the molecule is CCOc1c(OCc2ccccc2)c2ccc(O[C@H]3O[C@H](COCc4ccccc4)[C@@H](OCc4ccccc4)[C@H](OCc4ccccc4)[C@@H]3OCc3ccccc3)cc2oc1=O. The second-order valence-corrected chi connectivity index (χ2v) is 14.9. The van der Waals surface area contributed by atoms with E-state index < -0.39 is 36.3 Å². The van der Waals surface area contributed by atoms with Crippen molar-refractivity contribution in [2.24, 2.45) is 0 Å². The molecule has 0 radical (unpaired) electrons. The van der Waals surface area contributed by atoms with Crippen molar-refractivity contribution in [3.63, 3.8) is 0 Å². The summed E-state index contributed by atoms with van der Waals surface area (Å²) in [7, 11) is 0. The van der Waals surface area contributed by atoms with Gasteiger partial charge in [0, 0.05) is 6.07 Å². The molecule has 0 unspecified atom stereocenters. The molecule has 318 valence electrons. The predicted octanol–water partition coefficient (Wildman–Crippen LogP) is 9.85. The van der Waals surface area contributed by atoms with Crippen molar-refractivity contribution in [2.45, 2.75) is 70.7 Å². The molecule has 0 bridgehead atoms. The van der Waals surface area contributed by atoms with Crippen LogP contribution in [-0.2, 0) is 56.7 Å². The maximum absolute atomic E-state index is 13.4. The van der Waals surface area contributed by atoms with Crippen molar-refractivity contribution in [3.05, 3.63) is 208 Å². The molecule has 5 atom stereocenters. The summed E-state index contributed by atoms with van der Waals surface area (Å²) in [6.07, 6.45) is -3.84. The Kier molecular flexibility index (Phi) is 14.7. The highest BCUT2D eigenvalue weighted by Crippen LogP contribution is 2.37. The Morgan fingerprint density at radius 2 is 0.984 bits per heavy atom. The highest BCUT2D eigenvalue weighted by Gasteiger charge is 2.50. The van der Waals surface area contributed by atoms with E-state index in [9.17, 15) is 4.79 Å². The Bertz CT molecular complexity index is 2470. The van der Waals surface area contributed by atoms with Gasteiger partial charge in [0.05, 0.1) is 45.0 Å². The summed E-state index contributed by atoms with van der Waals surface area (Å²) < 4.78 is 58.3. The molecular weight excluding hydrogens is 785 g/mol. The molecule has 0 spiro atoms. The van der Waals surface area contributed by atoms with Crippen molar-refractivity contribution in [1.29, 1.82) is 0 Å². The molecule has 10 nitrogen and oxygen atoms in total. The van der Waals surface area contributed by atoms with Crippen LogP contribution in [-0.4, -0.2) is 43.9 Å². The molecule has 0 amide bonds. The molecule has 6 aromatic carbocycles. The Labute approximate surface area is 361 Å². The number of benzene rings is 6. The average molecular weight is 835 g/mol. The zero-order valence-electron chi connectivity index (χ0n) is 34.6. The minimum atomic E-state index is -1.03. The maximum Gasteiger partial charge on any atom is 0.383 e. The Balaban J connectivity index is 1.15. The molecule has 1 aromatic heterocycles. The molecular formula is C52H50O10. The maximum atomic E-state index is 13.4. The number of hydrogen-bond donors (Lipinski definition) is 0. The first-order valence-corrected chi connectivity index (χ1v) is 20.9. The van der Waals surface area contributed by atoms with Gasteiger partial charge in [0.25, 0.3) is 0 Å². The summed E-state index contributed by atoms with van der Waals surface area (Å²) >= 11 is 0. The first kappa shape index (κ1) is 42.4. The summed E-state index contributed by atoms with van der Waals surface area (Å²) in [6, 6.07) is 54.8. The largest absolute Gasteiger partial charge is 0.484 e. The molecule has 2 heterocycles. The second kappa shape index (κ2) is 21.5. The van der Waals surface area contributed by atoms with E-state index in [1.165, 1.54) is 0 Å². The lowest BCUT2D eigenvalue weighted by Gasteiger charge is -2.45. The normalized spacial score (nSPS) is 18.6. The topological polar surface area (TPSA) is 104 Å². The molecule has 10 heteroatoms. The quantitative estimate of drug-likeness (QED) is 0.0690. The number of hydrogen-bond acceptors (Lipinski definition) is 10. The zero-order chi connectivity index (χ0) is 42.4. The smallest absolute Gasteiger partial charge is 0.383 e. The molecule has 1 aliphatic heterocycles. The van der Waals surface area contributed by atoms with Crippen LogP contribution < -0.4 is 19.8 Å². The fourth-order valence-electron chi connectivity index (χ4n) is 7.33. The zero-order valence-corrected chi connectivity index (χ0v) is 34.6. The van der Waals surface area contributed by atoms with Gasteiger partial charge >= 0.3 is 5.63 Å². The molecule has 1 saturated heterocycles. The van der Waals surface area contributed by atoms with E-state index >= 15 is 0 Å². The van der Waals surface area contributed by atoms with Crippen LogP contribution in [0.5, 0.6) is 17.2 Å². The summed E-state index contributed by atoms with van der Waals surface area (Å²) in [6.45, 7) is 3.63. The molecule has 8 rings (SSSR count). The average Bonchev–Trinajstić information content (AvgIpc) is 3.31. The third kappa shape index (κ3) is 11.2. The van der Waals surface area contributed by atoms with Gasteiger partial charge in [-0.25, -0.2) is 4.79 Å². The van der Waals surface area contributed by atoms with E-state index in [1.54, 1.807) is 25.1 Å². The van der Waals surface area contributed by atoms with E-state index in [2.05, 4.69) is 0 Å². The monoisotopic (exact) mass is 834 g/mol. The lowest BCUT2D eigenvalue weighted by Crippen LogP contribution is -2.62. The van der Waals surface area contributed by atoms with Crippen LogP contribution in [0.1, 0.15) is 34.7 Å². The first-order valence-electron chi connectivity index (χ1n) is 20.9. The van der Waals surface area contributed by atoms with E-state index in [0.29, 0.717) is 24.3 Å². The van der Waals surface area contributed by atoms with E-state index in [4.69, 9.17) is 42.3 Å². The number of fused-ring (bicyclic) bond motifs is 1. The summed E-state index contributed by atoms with van der Waals surface area (Å²) in [5.41, 5.74) is 4.49. The van der Waals surface area contributed by atoms with Crippen LogP contribution >= 0.6 is 0 Å². The van der Waals surface area contributed by atoms with Crippen molar-refractivity contribution < 1.29 is 42.3 Å². The molecule has 62 heavy (non-hydrogen) atoms.